The van der Waals surface area contributed by atoms with Crippen LogP contribution >= 0.6 is 11.6 Å². The van der Waals surface area contributed by atoms with E-state index in [2.05, 4.69) is 0 Å². The van der Waals surface area contributed by atoms with Gasteiger partial charge in [0, 0.05) is 17.9 Å². The highest BCUT2D eigenvalue weighted by Gasteiger charge is 1.99. The van der Waals surface area contributed by atoms with E-state index in [1.807, 2.05) is 24.3 Å². The van der Waals surface area contributed by atoms with Crippen LogP contribution in [0.5, 0.6) is 0 Å². The smallest absolute Gasteiger partial charge is 0.101 e. The largest absolute Gasteiger partial charge is 0.512 e. The van der Waals surface area contributed by atoms with Gasteiger partial charge in [-0.2, -0.15) is 0 Å². The predicted octanol–water partition coefficient (Wildman–Crippen LogP) is 2.55. The zero-order valence-corrected chi connectivity index (χ0v) is 6.30. The predicted molar refractivity (Wildman–Crippen MR) is 43.3 cm³/mol. The van der Waals surface area contributed by atoms with Crippen LogP contribution in [-0.2, 0) is 0 Å². The van der Waals surface area contributed by atoms with Crippen molar-refractivity contribution in [3.05, 3.63) is 35.6 Å². The summed E-state index contributed by atoms with van der Waals surface area (Å²) >= 11 is 5.43. The minimum atomic E-state index is 0.375. The van der Waals surface area contributed by atoms with Crippen LogP contribution in [0.1, 0.15) is 6.42 Å². The summed E-state index contributed by atoms with van der Waals surface area (Å²) in [5.74, 6) is 0.844. The van der Waals surface area contributed by atoms with Gasteiger partial charge in [0.25, 0.3) is 0 Å². The highest BCUT2D eigenvalue weighted by molar-refractivity contribution is 6.17. The molecule has 1 nitrogen and oxygen atoms in total. The molecule has 0 unspecified atom stereocenters. The summed E-state index contributed by atoms with van der Waals surface area (Å²) in [5.41, 5.74) is 0.876. The third-order valence-electron chi connectivity index (χ3n) is 1.33. The van der Waals surface area contributed by atoms with Crippen molar-refractivity contribution in [1.29, 1.82) is 0 Å². The third-order valence-corrected chi connectivity index (χ3v) is 1.52. The van der Waals surface area contributed by atoms with Crippen LogP contribution in [0.4, 0.5) is 0 Å². The van der Waals surface area contributed by atoms with Gasteiger partial charge in [-0.25, -0.2) is 0 Å². The molecule has 1 N–H and O–H groups in total. The second-order valence-corrected chi connectivity index (χ2v) is 2.44. The molecule has 1 rings (SSSR count). The van der Waals surface area contributed by atoms with Crippen molar-refractivity contribution in [2.75, 3.05) is 5.88 Å². The minimum Gasteiger partial charge on any atom is -0.512 e. The summed E-state index contributed by atoms with van der Waals surface area (Å²) < 4.78 is 0. The van der Waals surface area contributed by atoms with Gasteiger partial charge in [0.2, 0.25) is 0 Å². The van der Waals surface area contributed by atoms with Crippen molar-refractivity contribution in [1.82, 2.24) is 0 Å². The number of allylic oxidation sites excluding steroid dienone is 6. The molecule has 0 amide bonds. The van der Waals surface area contributed by atoms with Crippen LogP contribution in [-0.4, -0.2) is 11.0 Å². The van der Waals surface area contributed by atoms with E-state index in [0.29, 0.717) is 18.1 Å². The molecule has 10 heavy (non-hydrogen) atoms. The van der Waals surface area contributed by atoms with Crippen LogP contribution in [0.15, 0.2) is 35.6 Å². The number of aliphatic hydroxyl groups is 1. The Morgan fingerprint density at radius 1 is 1.40 bits per heavy atom. The Morgan fingerprint density at radius 3 is 2.50 bits per heavy atom. The van der Waals surface area contributed by atoms with E-state index in [1.165, 1.54) is 0 Å². The first kappa shape index (κ1) is 7.42. The zero-order chi connectivity index (χ0) is 7.40. The summed E-state index contributed by atoms with van der Waals surface area (Å²) in [6.45, 7) is 0. The average molecular weight is 157 g/mol. The summed E-state index contributed by atoms with van der Waals surface area (Å²) in [6, 6.07) is 0. The van der Waals surface area contributed by atoms with Gasteiger partial charge in [-0.15, -0.1) is 11.6 Å². The first-order chi connectivity index (χ1) is 4.84. The van der Waals surface area contributed by atoms with Gasteiger partial charge in [0.1, 0.15) is 5.76 Å². The Kier molecular flexibility index (Phi) is 2.57. The standard InChI is InChI=1S/C8H9ClO/c9-6-5-8(10)7-3-1-2-4-7/h1-4,10H,5-6H2. The van der Waals surface area contributed by atoms with Crippen molar-refractivity contribution in [2.24, 2.45) is 0 Å². The van der Waals surface area contributed by atoms with E-state index in [0.717, 1.165) is 5.57 Å². The summed E-state index contributed by atoms with van der Waals surface area (Å²) in [4.78, 5) is 0. The van der Waals surface area contributed by atoms with Gasteiger partial charge in [-0.3, -0.25) is 0 Å². The normalized spacial score (nSPS) is 14.7. The fourth-order valence-corrected chi connectivity index (χ4v) is 0.979. The third kappa shape index (κ3) is 1.64. The molecule has 0 aliphatic heterocycles. The van der Waals surface area contributed by atoms with Crippen molar-refractivity contribution in [2.45, 2.75) is 6.42 Å². The average Bonchev–Trinajstić information content (AvgIpc) is 2.38. The van der Waals surface area contributed by atoms with Crippen molar-refractivity contribution in [3.63, 3.8) is 0 Å². The molecule has 2 heteroatoms. The monoisotopic (exact) mass is 156 g/mol. The Hall–Kier alpha value is -0.690. The Morgan fingerprint density at radius 2 is 2.00 bits per heavy atom. The molecule has 0 fully saturated rings. The maximum atomic E-state index is 9.24. The van der Waals surface area contributed by atoms with Crippen LogP contribution in [0.3, 0.4) is 0 Å². The van der Waals surface area contributed by atoms with Crippen molar-refractivity contribution >= 4 is 11.6 Å². The molecule has 0 saturated heterocycles. The lowest BCUT2D eigenvalue weighted by Crippen LogP contribution is -1.85. The lowest BCUT2D eigenvalue weighted by Gasteiger charge is -1.96. The SMILES string of the molecule is OC(CCCl)=C1C=CC=C1. The minimum absolute atomic E-state index is 0.375. The molecule has 0 aromatic heterocycles. The van der Waals surface area contributed by atoms with Crippen LogP contribution < -0.4 is 0 Å². The number of hydrogen-bond donors (Lipinski definition) is 1. The fourth-order valence-electron chi connectivity index (χ4n) is 0.800. The molecule has 0 heterocycles. The Balaban J connectivity index is 2.65. The number of aliphatic hydroxyl groups excluding tert-OH is 1. The van der Waals surface area contributed by atoms with E-state index in [9.17, 15) is 5.11 Å². The Labute approximate surface area is 65.3 Å². The first-order valence-electron chi connectivity index (χ1n) is 3.17. The summed E-state index contributed by atoms with van der Waals surface area (Å²) in [5, 5.41) is 9.24. The molecule has 0 radical (unpaired) electrons. The molecular formula is C8H9ClO. The zero-order valence-electron chi connectivity index (χ0n) is 5.55. The van der Waals surface area contributed by atoms with Crippen LogP contribution in [0, 0.1) is 0 Å². The molecule has 54 valence electrons. The lowest BCUT2D eigenvalue weighted by molar-refractivity contribution is 0.392. The number of hydrogen-bond acceptors (Lipinski definition) is 1. The lowest BCUT2D eigenvalue weighted by atomic mass is 10.2. The van der Waals surface area contributed by atoms with Crippen LogP contribution in [0.2, 0.25) is 0 Å². The molecule has 0 atom stereocenters. The van der Waals surface area contributed by atoms with Crippen molar-refractivity contribution in [3.8, 4) is 0 Å². The second kappa shape index (κ2) is 3.47. The number of halogens is 1. The molecule has 0 bridgehead atoms. The fraction of sp³-hybridized carbons (Fsp3) is 0.250. The van der Waals surface area contributed by atoms with Crippen molar-refractivity contribution < 1.29 is 5.11 Å². The molecule has 1 aliphatic carbocycles. The van der Waals surface area contributed by atoms with E-state index < -0.39 is 0 Å². The second-order valence-electron chi connectivity index (χ2n) is 2.06. The number of alkyl halides is 1. The van der Waals surface area contributed by atoms with Gasteiger partial charge < -0.3 is 5.11 Å². The highest BCUT2D eigenvalue weighted by atomic mass is 35.5. The molecular weight excluding hydrogens is 148 g/mol. The molecule has 0 spiro atoms. The highest BCUT2D eigenvalue weighted by Crippen LogP contribution is 2.13. The molecule has 0 saturated carbocycles. The number of rotatable bonds is 2. The molecule has 0 aromatic carbocycles. The summed E-state index contributed by atoms with van der Waals surface area (Å²) in [6.07, 6.45) is 8.05. The van der Waals surface area contributed by atoms with Gasteiger partial charge in [0.15, 0.2) is 0 Å². The molecule has 1 aliphatic rings. The first-order valence-corrected chi connectivity index (χ1v) is 3.71. The van der Waals surface area contributed by atoms with E-state index in [1.54, 1.807) is 0 Å². The van der Waals surface area contributed by atoms with Gasteiger partial charge >= 0.3 is 0 Å². The maximum Gasteiger partial charge on any atom is 0.101 e. The Bertz CT molecular complexity index is 187. The van der Waals surface area contributed by atoms with E-state index in [4.69, 9.17) is 11.6 Å². The van der Waals surface area contributed by atoms with Gasteiger partial charge in [0.05, 0.1) is 0 Å². The van der Waals surface area contributed by atoms with Gasteiger partial charge in [-0.05, 0) is 0 Å². The molecule has 0 aromatic rings. The summed E-state index contributed by atoms with van der Waals surface area (Å²) in [7, 11) is 0. The topological polar surface area (TPSA) is 20.2 Å². The quantitative estimate of drug-likeness (QED) is 0.481. The van der Waals surface area contributed by atoms with Crippen LogP contribution in [0.25, 0.3) is 0 Å². The van der Waals surface area contributed by atoms with Gasteiger partial charge in [-0.1, -0.05) is 24.3 Å². The van der Waals surface area contributed by atoms with E-state index in [-0.39, 0.29) is 0 Å². The van der Waals surface area contributed by atoms with E-state index >= 15 is 0 Å². The maximum absolute atomic E-state index is 9.24.